The Morgan fingerprint density at radius 2 is 0.766 bits per heavy atom. The lowest BCUT2D eigenvalue weighted by molar-refractivity contribution is -0.305. The average Bonchev–Trinajstić information content (AvgIpc) is 0.828. The number of amides is 1. The second kappa shape index (κ2) is 70.0. The molecule has 1 saturated heterocycles. The molecule has 11 heteroatoms. The minimum atomic E-state index is -1.62. The Morgan fingerprint density at radius 1 is 0.426 bits per heavy atom. The number of aliphatic hydroxyl groups excluding tert-OH is 5. The summed E-state index contributed by atoms with van der Waals surface area (Å²) in [6.07, 6.45) is 82.5. The zero-order chi connectivity index (χ0) is 68.1. The Balaban J connectivity index is 2.48. The zero-order valence-corrected chi connectivity index (χ0v) is 61.3. The maximum Gasteiger partial charge on any atom is 0.306 e. The zero-order valence-electron chi connectivity index (χ0n) is 61.3. The maximum atomic E-state index is 13.5. The topological polar surface area (TPSA) is 175 Å². The van der Waals surface area contributed by atoms with Crippen LogP contribution in [0.5, 0.6) is 0 Å². The number of carbonyl (C=O) groups is 2. The van der Waals surface area contributed by atoms with Crippen molar-refractivity contribution in [3.05, 3.63) is 72.9 Å². The lowest BCUT2D eigenvalue weighted by Gasteiger charge is -2.41. The van der Waals surface area contributed by atoms with Crippen molar-refractivity contribution >= 4 is 11.9 Å². The molecular weight excluding hydrogens is 1170 g/mol. The van der Waals surface area contributed by atoms with Gasteiger partial charge in [0, 0.05) is 6.42 Å². The van der Waals surface area contributed by atoms with Gasteiger partial charge in [0.2, 0.25) is 5.91 Å². The molecule has 94 heavy (non-hydrogen) atoms. The second-order valence-corrected chi connectivity index (χ2v) is 27.8. The highest BCUT2D eigenvalue weighted by Gasteiger charge is 2.47. The van der Waals surface area contributed by atoms with Crippen LogP contribution < -0.4 is 5.32 Å². The predicted molar refractivity (Wildman–Crippen MR) is 398 cm³/mol. The highest BCUT2D eigenvalue weighted by molar-refractivity contribution is 5.80. The van der Waals surface area contributed by atoms with E-state index in [9.17, 15) is 35.1 Å². The molecule has 1 aliphatic rings. The molecule has 1 aliphatic heterocycles. The number of allylic oxidation sites excluding steroid dienone is 11. The molecule has 0 bridgehead atoms. The number of nitrogens with one attached hydrogen (secondary N) is 1. The van der Waals surface area contributed by atoms with Crippen LogP contribution in [-0.4, -0.2) is 99.6 Å². The van der Waals surface area contributed by atoms with E-state index in [0.29, 0.717) is 12.8 Å². The summed E-state index contributed by atoms with van der Waals surface area (Å²) < 4.78 is 17.8. The quantitative estimate of drug-likeness (QED) is 0.0195. The first kappa shape index (κ1) is 89.1. The van der Waals surface area contributed by atoms with Crippen LogP contribution in [0.2, 0.25) is 0 Å². The van der Waals surface area contributed by atoms with E-state index in [-0.39, 0.29) is 19.4 Å². The van der Waals surface area contributed by atoms with Gasteiger partial charge in [-0.15, -0.1) is 0 Å². The van der Waals surface area contributed by atoms with Gasteiger partial charge in [0.1, 0.15) is 24.4 Å². The Hall–Kier alpha value is -2.90. The van der Waals surface area contributed by atoms with Crippen molar-refractivity contribution in [2.24, 2.45) is 0 Å². The number of carbonyl (C=O) groups excluding carboxylic acids is 2. The first-order valence-corrected chi connectivity index (χ1v) is 40.2. The standard InChI is InChI=1S/C83H151NO10/c1-4-7-10-13-16-19-22-25-27-29-31-33-35-37-39-41-43-45-47-49-51-53-56-59-62-65-68-71-78(88)94-81-80(90)79(89)77(72-85)93-83(81)92-73-74(75(86)69-66-63-60-57-54-24-21-18-15-12-9-6-3)84-82(91)76(87)70-67-64-61-58-55-52-50-48-46-44-42-40-38-36-34-32-30-28-26-23-20-17-14-11-8-5-2/h8,11,17,20,26,28,32,34,38,40,66,69,74-77,79-81,83,85-87,89-90H,4-7,9-10,12-16,18-19,21-25,27,29-31,33,35-37,39,41-65,67-68,70-73H2,1-3H3,(H,84,91)/b11-8-,20-17-,28-26-,34-32-,40-38-,69-66+. The molecule has 0 saturated carbocycles. The van der Waals surface area contributed by atoms with E-state index in [0.717, 1.165) is 96.3 Å². The van der Waals surface area contributed by atoms with Gasteiger partial charge in [0.25, 0.3) is 0 Å². The fraction of sp³-hybridized carbons (Fsp3) is 0.831. The van der Waals surface area contributed by atoms with Gasteiger partial charge in [-0.3, -0.25) is 9.59 Å². The number of ether oxygens (including phenoxy) is 3. The fourth-order valence-corrected chi connectivity index (χ4v) is 12.6. The van der Waals surface area contributed by atoms with Gasteiger partial charge in [-0.1, -0.05) is 376 Å². The first-order chi connectivity index (χ1) is 46.2. The maximum absolute atomic E-state index is 13.5. The Bertz CT molecular complexity index is 1810. The smallest absolute Gasteiger partial charge is 0.306 e. The Kier molecular flexibility index (Phi) is 66.3. The van der Waals surface area contributed by atoms with E-state index in [1.54, 1.807) is 6.08 Å². The summed E-state index contributed by atoms with van der Waals surface area (Å²) in [6, 6.07) is -1.03. The summed E-state index contributed by atoms with van der Waals surface area (Å²) in [5, 5.41) is 57.4. The van der Waals surface area contributed by atoms with Gasteiger partial charge in [0.15, 0.2) is 12.4 Å². The van der Waals surface area contributed by atoms with E-state index < -0.39 is 67.4 Å². The van der Waals surface area contributed by atoms with Crippen LogP contribution in [0.25, 0.3) is 0 Å². The molecule has 0 aromatic heterocycles. The van der Waals surface area contributed by atoms with E-state index in [2.05, 4.69) is 86.8 Å². The van der Waals surface area contributed by atoms with Crippen molar-refractivity contribution in [3.63, 3.8) is 0 Å². The molecule has 11 nitrogen and oxygen atoms in total. The third-order valence-corrected chi connectivity index (χ3v) is 18.9. The predicted octanol–water partition coefficient (Wildman–Crippen LogP) is 21.8. The number of hydrogen-bond donors (Lipinski definition) is 6. The van der Waals surface area contributed by atoms with Gasteiger partial charge in [-0.05, 0) is 70.6 Å². The van der Waals surface area contributed by atoms with Crippen LogP contribution in [0.15, 0.2) is 72.9 Å². The van der Waals surface area contributed by atoms with Gasteiger partial charge in [0.05, 0.1) is 25.4 Å². The molecule has 8 atom stereocenters. The van der Waals surface area contributed by atoms with Gasteiger partial charge >= 0.3 is 5.97 Å². The minimum Gasteiger partial charge on any atom is -0.454 e. The normalized spacial score (nSPS) is 18.1. The number of hydrogen-bond acceptors (Lipinski definition) is 10. The second-order valence-electron chi connectivity index (χ2n) is 27.8. The lowest BCUT2D eigenvalue weighted by Crippen LogP contribution is -2.61. The van der Waals surface area contributed by atoms with Crippen LogP contribution in [0, 0.1) is 0 Å². The van der Waals surface area contributed by atoms with Gasteiger partial charge in [-0.25, -0.2) is 0 Å². The molecule has 1 amide bonds. The van der Waals surface area contributed by atoms with Crippen molar-refractivity contribution in [3.8, 4) is 0 Å². The monoisotopic (exact) mass is 1320 g/mol. The summed E-state index contributed by atoms with van der Waals surface area (Å²) in [7, 11) is 0. The number of aliphatic hydroxyl groups is 5. The van der Waals surface area contributed by atoms with Crippen molar-refractivity contribution in [2.45, 2.75) is 429 Å². The summed E-state index contributed by atoms with van der Waals surface area (Å²) in [5.41, 5.74) is 0. The van der Waals surface area contributed by atoms with Crippen LogP contribution in [0.4, 0.5) is 0 Å². The third-order valence-electron chi connectivity index (χ3n) is 18.9. The molecule has 0 aromatic rings. The third kappa shape index (κ3) is 56.0. The minimum absolute atomic E-state index is 0.127. The van der Waals surface area contributed by atoms with Crippen molar-refractivity contribution in [1.29, 1.82) is 0 Å². The molecule has 1 heterocycles. The van der Waals surface area contributed by atoms with E-state index in [1.165, 1.54) is 238 Å². The van der Waals surface area contributed by atoms with E-state index in [4.69, 9.17) is 14.2 Å². The average molecular weight is 1320 g/mol. The molecule has 0 spiro atoms. The molecule has 0 radical (unpaired) electrons. The molecule has 1 fully saturated rings. The van der Waals surface area contributed by atoms with Crippen LogP contribution in [0.3, 0.4) is 0 Å². The molecule has 548 valence electrons. The van der Waals surface area contributed by atoms with Gasteiger partial charge in [-0.2, -0.15) is 0 Å². The number of esters is 1. The van der Waals surface area contributed by atoms with Crippen molar-refractivity contribution in [2.75, 3.05) is 13.2 Å². The molecule has 0 aliphatic carbocycles. The lowest BCUT2D eigenvalue weighted by atomic mass is 9.99. The van der Waals surface area contributed by atoms with E-state index >= 15 is 0 Å². The first-order valence-electron chi connectivity index (χ1n) is 40.2. The summed E-state index contributed by atoms with van der Waals surface area (Å²) in [5.74, 6) is -1.18. The summed E-state index contributed by atoms with van der Waals surface area (Å²) in [6.45, 7) is 5.74. The Morgan fingerprint density at radius 3 is 1.15 bits per heavy atom. The van der Waals surface area contributed by atoms with Crippen molar-refractivity contribution < 1.29 is 49.3 Å². The van der Waals surface area contributed by atoms with Crippen molar-refractivity contribution in [1.82, 2.24) is 5.32 Å². The van der Waals surface area contributed by atoms with E-state index in [1.807, 2.05) is 6.08 Å². The molecule has 6 N–H and O–H groups in total. The SMILES string of the molecule is CC/C=C\C/C=C\C/C=C\C/C=C\C/C=C\CCCCCCCCCCCCC(O)C(=O)NC(COC1OC(CO)C(O)C(O)C1OC(=O)CCCCCCCCCCCCCCCCCCCCCCCCCCCCC)C(O)/C=C/CCCCCCCCCCCC. The highest BCUT2D eigenvalue weighted by Crippen LogP contribution is 2.27. The largest absolute Gasteiger partial charge is 0.454 e. The molecule has 1 rings (SSSR count). The van der Waals surface area contributed by atoms with Crippen LogP contribution >= 0.6 is 0 Å². The fourth-order valence-electron chi connectivity index (χ4n) is 12.6. The van der Waals surface area contributed by atoms with Crippen LogP contribution in [-0.2, 0) is 23.8 Å². The summed E-state index contributed by atoms with van der Waals surface area (Å²) >= 11 is 0. The Labute approximate surface area is 579 Å². The van der Waals surface area contributed by atoms with Crippen LogP contribution in [0.1, 0.15) is 380 Å². The summed E-state index contributed by atoms with van der Waals surface area (Å²) in [4.78, 5) is 26.8. The highest BCUT2D eigenvalue weighted by atomic mass is 16.7. The number of rotatable bonds is 70. The molecular formula is C83H151NO10. The van der Waals surface area contributed by atoms with Gasteiger partial charge < -0.3 is 45.1 Å². The molecule has 0 aromatic carbocycles. The number of unbranched alkanes of at least 4 members (excludes halogenated alkanes) is 46. The molecule has 8 unspecified atom stereocenters.